The minimum Gasteiger partial charge on any atom is -0.691 e. The Bertz CT molecular complexity index is 618. The van der Waals surface area contributed by atoms with Gasteiger partial charge in [0, 0.05) is 12.1 Å². The van der Waals surface area contributed by atoms with Gasteiger partial charge in [-0.3, -0.25) is 5.04 Å². The fourth-order valence-electron chi connectivity index (χ4n) is 1.20. The molecule has 0 saturated heterocycles. The molecule has 9 nitrogen and oxygen atoms in total. The topological polar surface area (TPSA) is 128 Å². The van der Waals surface area contributed by atoms with Crippen LogP contribution in [-0.4, -0.2) is 30.4 Å². The molecule has 0 aliphatic heterocycles. The first-order chi connectivity index (χ1) is 8.63. The first-order valence-corrected chi connectivity index (χ1v) is 5.48. The van der Waals surface area contributed by atoms with Crippen molar-refractivity contribution in [2.45, 2.75) is 4.90 Å². The van der Waals surface area contributed by atoms with Crippen molar-refractivity contribution in [3.63, 3.8) is 0 Å². The maximum absolute atomic E-state index is 9.77. The maximum Gasteiger partial charge on any atom is 1.00 e. The molecule has 0 aliphatic rings. The van der Waals surface area contributed by atoms with Crippen LogP contribution in [0.5, 0.6) is 11.5 Å². The van der Waals surface area contributed by atoms with Crippen LogP contribution in [0.4, 0.5) is 0 Å². The molecule has 19 heavy (non-hydrogen) atoms. The molecule has 0 spiro atoms. The predicted octanol–water partition coefficient (Wildman–Crippen LogP) is -3.03. The van der Waals surface area contributed by atoms with Crippen LogP contribution in [0, 0.1) is 4.77 Å². The van der Waals surface area contributed by atoms with Gasteiger partial charge in [0.1, 0.15) is 17.2 Å². The van der Waals surface area contributed by atoms with E-state index in [0.717, 1.165) is 6.07 Å². The number of benzene rings is 1. The zero-order chi connectivity index (χ0) is 13.1. The summed E-state index contributed by atoms with van der Waals surface area (Å²) in [5, 5.41) is 41.6. The van der Waals surface area contributed by atoms with E-state index in [4.69, 9.17) is 12.2 Å². The quantitative estimate of drug-likeness (QED) is 0.135. The summed E-state index contributed by atoms with van der Waals surface area (Å²) < 4.78 is 5.30. The van der Waals surface area contributed by atoms with Crippen molar-refractivity contribution >= 4 is 24.3 Å². The molecule has 12 heteroatoms. The van der Waals surface area contributed by atoms with Gasteiger partial charge in [0.2, 0.25) is 4.77 Å². The number of phenolic OH excluding ortho intramolecular Hbond substituents is 2. The van der Waals surface area contributed by atoms with E-state index in [0.29, 0.717) is 12.0 Å². The normalized spacial score (nSPS) is 10.2. The van der Waals surface area contributed by atoms with Crippen LogP contribution in [0.1, 0.15) is 0 Å². The number of nitrogens with zero attached hydrogens (tertiary/aromatic N) is 3. The van der Waals surface area contributed by atoms with Crippen molar-refractivity contribution in [2.24, 2.45) is 0 Å². The molecule has 2 aromatic rings. The molecule has 0 bridgehead atoms. The molecule has 0 aliphatic carbocycles. The average Bonchev–Trinajstić information content (AvgIpc) is 2.76. The largest absolute Gasteiger partial charge is 1.00 e. The van der Waals surface area contributed by atoms with Crippen molar-refractivity contribution in [3.8, 4) is 17.2 Å². The average molecular weight is 312 g/mol. The van der Waals surface area contributed by atoms with E-state index < -0.39 is 0 Å². The Labute approximate surface area is 137 Å². The molecule has 3 N–H and O–H groups in total. The van der Waals surface area contributed by atoms with Gasteiger partial charge < -0.3 is 15.5 Å². The zero-order valence-corrected chi connectivity index (χ0v) is 13.1. The van der Waals surface area contributed by atoms with Crippen molar-refractivity contribution in [1.29, 1.82) is 0 Å². The molecule has 0 saturated carbocycles. The van der Waals surface area contributed by atoms with Crippen LogP contribution in [-0.2, 0) is 9.37 Å². The number of hydrogen-bond acceptors (Lipinski definition) is 9. The first-order valence-electron chi connectivity index (χ1n) is 4.33. The summed E-state index contributed by atoms with van der Waals surface area (Å²) in [7, 11) is 0. The second-order valence-corrected chi connectivity index (χ2v) is 4.05. The summed E-state index contributed by atoms with van der Waals surface area (Å²) in [6, 6.07) is 2.36. The molecular formula is C7H5N4NaO5S2. The molecule has 0 radical (unpaired) electrons. The number of phenols is 2. The summed E-state index contributed by atoms with van der Waals surface area (Å²) in [5.74, 6) is -0.478. The summed E-state index contributed by atoms with van der Waals surface area (Å²) in [5.41, 5.74) is 0.148. The van der Waals surface area contributed by atoms with Gasteiger partial charge in [-0.05, 0) is 12.2 Å². The second-order valence-electron chi connectivity index (χ2n) is 2.95. The number of hydrogen-bond donors (Lipinski definition) is 3. The van der Waals surface area contributed by atoms with Crippen LogP contribution < -0.4 is 34.8 Å². The smallest absolute Gasteiger partial charge is 0.691 e. The molecule has 1 heterocycles. The van der Waals surface area contributed by atoms with Crippen LogP contribution in [0.3, 0.4) is 0 Å². The van der Waals surface area contributed by atoms with Gasteiger partial charge in [0.25, 0.3) is 0 Å². The Morgan fingerprint density at radius 2 is 2.11 bits per heavy atom. The SMILES string of the molecule is [Na+].[O-]OOSc1cc(O)c(-n2[nH]nnc2=S)cc1O. The fraction of sp³-hybridized carbons (Fsp3) is 0. The molecule has 96 valence electrons. The predicted molar refractivity (Wildman–Crippen MR) is 57.9 cm³/mol. The van der Waals surface area contributed by atoms with E-state index in [1.165, 1.54) is 10.7 Å². The number of aromatic nitrogens is 4. The second kappa shape index (κ2) is 7.21. The Morgan fingerprint density at radius 1 is 1.37 bits per heavy atom. The van der Waals surface area contributed by atoms with Gasteiger partial charge >= 0.3 is 29.6 Å². The van der Waals surface area contributed by atoms with Crippen LogP contribution in [0.25, 0.3) is 5.69 Å². The van der Waals surface area contributed by atoms with Crippen molar-refractivity contribution in [3.05, 3.63) is 16.9 Å². The molecule has 0 fully saturated rings. The molecule has 1 aromatic carbocycles. The van der Waals surface area contributed by atoms with Crippen LogP contribution in [0.2, 0.25) is 0 Å². The van der Waals surface area contributed by atoms with E-state index in [1.54, 1.807) is 0 Å². The van der Waals surface area contributed by atoms with Gasteiger partial charge in [0.05, 0.1) is 16.9 Å². The molecule has 2 rings (SSSR count). The van der Waals surface area contributed by atoms with Crippen molar-refractivity contribution in [1.82, 2.24) is 20.2 Å². The van der Waals surface area contributed by atoms with Crippen LogP contribution >= 0.6 is 24.3 Å². The van der Waals surface area contributed by atoms with E-state index in [-0.39, 0.29) is 56.4 Å². The summed E-state index contributed by atoms with van der Waals surface area (Å²) >= 11 is 5.30. The van der Waals surface area contributed by atoms with Crippen molar-refractivity contribution < 1.29 is 54.4 Å². The molecule has 0 unspecified atom stereocenters. The summed E-state index contributed by atoms with van der Waals surface area (Å²) in [6.45, 7) is 0. The zero-order valence-electron chi connectivity index (χ0n) is 9.43. The summed E-state index contributed by atoms with van der Waals surface area (Å²) in [4.78, 5) is 0.0890. The van der Waals surface area contributed by atoms with Gasteiger partial charge in [-0.1, -0.05) is 10.3 Å². The monoisotopic (exact) mass is 312 g/mol. The molecule has 0 amide bonds. The Kier molecular flexibility index (Phi) is 6.22. The fourth-order valence-corrected chi connectivity index (χ4v) is 1.78. The minimum absolute atomic E-state index is 0. The number of nitrogens with one attached hydrogen (secondary N) is 1. The number of aromatic hydroxyl groups is 2. The Balaban J connectivity index is 0.00000180. The van der Waals surface area contributed by atoms with E-state index in [2.05, 4.69) is 24.9 Å². The van der Waals surface area contributed by atoms with Crippen LogP contribution in [0.15, 0.2) is 17.0 Å². The number of rotatable bonds is 4. The Morgan fingerprint density at radius 3 is 2.68 bits per heavy atom. The maximum atomic E-state index is 9.77. The van der Waals surface area contributed by atoms with Gasteiger partial charge in [0.15, 0.2) is 0 Å². The molecule has 1 aromatic heterocycles. The summed E-state index contributed by atoms with van der Waals surface area (Å²) in [6.07, 6.45) is 0. The third kappa shape index (κ3) is 3.67. The van der Waals surface area contributed by atoms with Gasteiger partial charge in [-0.25, -0.2) is 4.68 Å². The van der Waals surface area contributed by atoms with E-state index >= 15 is 0 Å². The number of tetrazole rings is 1. The van der Waals surface area contributed by atoms with E-state index in [9.17, 15) is 15.5 Å². The first kappa shape index (κ1) is 16.4. The molecule has 0 atom stereocenters. The standard InChI is InChI=1S/C7H6N4O5S2.Na/c12-4-2-6(18-16-15-14)5(13)1-3(4)11-7(17)8-9-10-11;/h1-2,12-14H,(H,8,10,17);/q;+1/p-1. The van der Waals surface area contributed by atoms with Gasteiger partial charge in [-0.2, -0.15) is 9.55 Å². The third-order valence-corrected chi connectivity index (χ3v) is 2.81. The Hall–Kier alpha value is -0.660. The van der Waals surface area contributed by atoms with Crippen molar-refractivity contribution in [2.75, 3.05) is 0 Å². The minimum atomic E-state index is -0.249. The number of aromatic amines is 1. The number of H-pyrrole nitrogens is 1. The molecular weight excluding hydrogens is 307 g/mol. The van der Waals surface area contributed by atoms with E-state index in [1.807, 2.05) is 0 Å². The van der Waals surface area contributed by atoms with Gasteiger partial charge in [-0.15, -0.1) is 0 Å². The third-order valence-electron chi connectivity index (χ3n) is 1.92.